The molecule has 0 fully saturated rings. The van der Waals surface area contributed by atoms with Gasteiger partial charge < -0.3 is 9.47 Å². The summed E-state index contributed by atoms with van der Waals surface area (Å²) in [5.74, 6) is 0.877. The van der Waals surface area contributed by atoms with Crippen molar-refractivity contribution >= 4 is 38.7 Å². The molecular weight excluding hydrogens is 462 g/mol. The second-order valence-electron chi connectivity index (χ2n) is 7.04. The Labute approximate surface area is 197 Å². The number of anilines is 1. The van der Waals surface area contributed by atoms with E-state index in [2.05, 4.69) is 10.3 Å². The summed E-state index contributed by atoms with van der Waals surface area (Å²) >= 11 is 1.98. The molecule has 0 spiro atoms. The molecule has 1 amide bonds. The van der Waals surface area contributed by atoms with Crippen molar-refractivity contribution in [2.75, 3.05) is 12.4 Å². The standard InChI is InChI=1S/C23H19N3O5S2/c1-13-11-15(12-17(30-3)14(13)2)20-22(31-16-7-5-4-6-8-16)33-23(24-20)25-21(27)18-9-10-19(32-18)26(28)29/h4-12H,1-3H3,(H,24,25,27). The number of hydrogen-bond acceptors (Lipinski definition) is 8. The zero-order chi connectivity index (χ0) is 23.5. The summed E-state index contributed by atoms with van der Waals surface area (Å²) in [5.41, 5.74) is 3.39. The minimum Gasteiger partial charge on any atom is -0.496 e. The number of methoxy groups -OCH3 is 1. The van der Waals surface area contributed by atoms with Gasteiger partial charge in [0.25, 0.3) is 5.91 Å². The fraction of sp³-hybridized carbons (Fsp3) is 0.130. The van der Waals surface area contributed by atoms with Gasteiger partial charge in [-0.15, -0.1) is 0 Å². The number of aromatic nitrogens is 1. The van der Waals surface area contributed by atoms with Gasteiger partial charge in [-0.05, 0) is 55.3 Å². The van der Waals surface area contributed by atoms with E-state index in [0.717, 1.165) is 33.8 Å². The Kier molecular flexibility index (Phi) is 6.38. The fourth-order valence-electron chi connectivity index (χ4n) is 3.09. The number of amides is 1. The minimum atomic E-state index is -0.526. The molecule has 33 heavy (non-hydrogen) atoms. The number of ether oxygens (including phenoxy) is 2. The van der Waals surface area contributed by atoms with Crippen molar-refractivity contribution in [1.29, 1.82) is 0 Å². The lowest BCUT2D eigenvalue weighted by atomic mass is 10.0. The van der Waals surface area contributed by atoms with Crippen LogP contribution in [0.25, 0.3) is 11.3 Å². The van der Waals surface area contributed by atoms with Crippen LogP contribution < -0.4 is 14.8 Å². The zero-order valence-electron chi connectivity index (χ0n) is 17.9. The normalized spacial score (nSPS) is 10.6. The van der Waals surface area contributed by atoms with E-state index in [9.17, 15) is 14.9 Å². The molecule has 4 rings (SSSR count). The summed E-state index contributed by atoms with van der Waals surface area (Å²) in [5, 5.41) is 14.4. The van der Waals surface area contributed by atoms with E-state index >= 15 is 0 Å². The van der Waals surface area contributed by atoms with Gasteiger partial charge in [-0.1, -0.05) is 40.9 Å². The average molecular weight is 482 g/mol. The summed E-state index contributed by atoms with van der Waals surface area (Å²) < 4.78 is 11.6. The van der Waals surface area contributed by atoms with Crippen molar-refractivity contribution in [3.8, 4) is 27.8 Å². The van der Waals surface area contributed by atoms with Crippen LogP contribution in [-0.4, -0.2) is 22.9 Å². The van der Waals surface area contributed by atoms with E-state index in [0.29, 0.717) is 21.6 Å². The highest BCUT2D eigenvalue weighted by Crippen LogP contribution is 2.42. The Balaban J connectivity index is 1.71. The Bertz CT molecular complexity index is 1330. The number of rotatable bonds is 7. The lowest BCUT2D eigenvalue weighted by Crippen LogP contribution is -2.09. The maximum Gasteiger partial charge on any atom is 0.324 e. The number of para-hydroxylation sites is 1. The number of carbonyl (C=O) groups is 1. The number of hydrogen-bond donors (Lipinski definition) is 1. The molecule has 1 N–H and O–H groups in total. The summed E-state index contributed by atoms with van der Waals surface area (Å²) in [7, 11) is 1.61. The summed E-state index contributed by atoms with van der Waals surface area (Å²) in [6.07, 6.45) is 0. The first-order valence-corrected chi connectivity index (χ1v) is 11.4. The Morgan fingerprint density at radius 1 is 1.09 bits per heavy atom. The lowest BCUT2D eigenvalue weighted by molar-refractivity contribution is -0.380. The van der Waals surface area contributed by atoms with Crippen LogP contribution in [0.1, 0.15) is 20.8 Å². The van der Waals surface area contributed by atoms with Crippen LogP contribution in [0.2, 0.25) is 0 Å². The molecule has 0 aliphatic carbocycles. The number of carbonyl (C=O) groups excluding carboxylic acids is 1. The van der Waals surface area contributed by atoms with Crippen molar-refractivity contribution in [3.05, 3.63) is 80.7 Å². The summed E-state index contributed by atoms with van der Waals surface area (Å²) in [6, 6.07) is 15.9. The molecule has 10 heteroatoms. The molecule has 0 unspecified atom stereocenters. The predicted octanol–water partition coefficient (Wildman–Crippen LogP) is 6.45. The Morgan fingerprint density at radius 3 is 2.52 bits per heavy atom. The molecule has 0 aliphatic heterocycles. The van der Waals surface area contributed by atoms with E-state index in [-0.39, 0.29) is 9.88 Å². The highest BCUT2D eigenvalue weighted by molar-refractivity contribution is 7.19. The van der Waals surface area contributed by atoms with Crippen LogP contribution in [0.4, 0.5) is 10.1 Å². The molecule has 0 saturated carbocycles. The molecule has 0 saturated heterocycles. The third-order valence-electron chi connectivity index (χ3n) is 4.88. The molecule has 0 radical (unpaired) electrons. The van der Waals surface area contributed by atoms with Gasteiger partial charge in [0.05, 0.1) is 16.9 Å². The first-order valence-electron chi connectivity index (χ1n) is 9.80. The van der Waals surface area contributed by atoms with Crippen LogP contribution >= 0.6 is 22.7 Å². The number of thiazole rings is 1. The summed E-state index contributed by atoms with van der Waals surface area (Å²) in [6.45, 7) is 3.96. The SMILES string of the molecule is COc1cc(-c2nc(NC(=O)c3ccc([N+](=O)[O-])s3)sc2Oc2ccccc2)cc(C)c1C. The van der Waals surface area contributed by atoms with Gasteiger partial charge in [0.2, 0.25) is 5.06 Å². The van der Waals surface area contributed by atoms with Crippen LogP contribution in [0.5, 0.6) is 16.6 Å². The monoisotopic (exact) mass is 481 g/mol. The number of aryl methyl sites for hydroxylation is 1. The van der Waals surface area contributed by atoms with E-state index in [1.165, 1.54) is 23.5 Å². The van der Waals surface area contributed by atoms with Gasteiger partial charge in [-0.25, -0.2) is 4.98 Å². The summed E-state index contributed by atoms with van der Waals surface area (Å²) in [4.78, 5) is 27.9. The van der Waals surface area contributed by atoms with Crippen LogP contribution in [0.15, 0.2) is 54.6 Å². The Morgan fingerprint density at radius 2 is 1.85 bits per heavy atom. The van der Waals surface area contributed by atoms with Crippen molar-refractivity contribution in [2.45, 2.75) is 13.8 Å². The lowest BCUT2D eigenvalue weighted by Gasteiger charge is -2.11. The van der Waals surface area contributed by atoms with E-state index in [1.807, 2.05) is 56.3 Å². The van der Waals surface area contributed by atoms with E-state index in [4.69, 9.17) is 9.47 Å². The molecule has 2 aromatic heterocycles. The maximum absolute atomic E-state index is 12.6. The van der Waals surface area contributed by atoms with Gasteiger partial charge in [-0.3, -0.25) is 20.2 Å². The molecule has 2 heterocycles. The molecular formula is C23H19N3O5S2. The molecule has 4 aromatic rings. The van der Waals surface area contributed by atoms with Crippen molar-refractivity contribution < 1.29 is 19.2 Å². The van der Waals surface area contributed by atoms with Crippen LogP contribution in [0, 0.1) is 24.0 Å². The predicted molar refractivity (Wildman–Crippen MR) is 129 cm³/mol. The van der Waals surface area contributed by atoms with Crippen LogP contribution in [0.3, 0.4) is 0 Å². The second kappa shape index (κ2) is 9.39. The largest absolute Gasteiger partial charge is 0.496 e. The van der Waals surface area contributed by atoms with Gasteiger partial charge >= 0.3 is 5.00 Å². The van der Waals surface area contributed by atoms with Gasteiger partial charge in [0.1, 0.15) is 17.2 Å². The number of nitrogens with one attached hydrogen (secondary N) is 1. The van der Waals surface area contributed by atoms with Gasteiger partial charge in [-0.2, -0.15) is 0 Å². The fourth-order valence-corrected chi connectivity index (χ4v) is 4.66. The number of benzene rings is 2. The topological polar surface area (TPSA) is 104 Å². The zero-order valence-corrected chi connectivity index (χ0v) is 19.6. The van der Waals surface area contributed by atoms with E-state index in [1.54, 1.807) is 7.11 Å². The molecule has 0 bridgehead atoms. The highest BCUT2D eigenvalue weighted by atomic mass is 32.1. The highest BCUT2D eigenvalue weighted by Gasteiger charge is 2.21. The quantitative estimate of drug-likeness (QED) is 0.240. The third-order valence-corrected chi connectivity index (χ3v) is 6.76. The average Bonchev–Trinajstić information content (AvgIpc) is 3.44. The second-order valence-corrected chi connectivity index (χ2v) is 9.06. The first-order chi connectivity index (χ1) is 15.9. The molecule has 8 nitrogen and oxygen atoms in total. The van der Waals surface area contributed by atoms with E-state index < -0.39 is 10.8 Å². The molecule has 0 atom stereocenters. The smallest absolute Gasteiger partial charge is 0.324 e. The first kappa shape index (κ1) is 22.4. The molecule has 168 valence electrons. The number of nitro groups is 1. The van der Waals surface area contributed by atoms with Crippen molar-refractivity contribution in [1.82, 2.24) is 4.98 Å². The third kappa shape index (κ3) is 4.86. The Hall–Kier alpha value is -3.76. The minimum absolute atomic E-state index is 0.102. The number of thiophene rings is 1. The van der Waals surface area contributed by atoms with Gasteiger partial charge in [0.15, 0.2) is 5.13 Å². The van der Waals surface area contributed by atoms with Gasteiger partial charge in [0, 0.05) is 11.6 Å². The number of nitrogens with zero attached hydrogens (tertiary/aromatic N) is 2. The maximum atomic E-state index is 12.6. The van der Waals surface area contributed by atoms with Crippen molar-refractivity contribution in [2.24, 2.45) is 0 Å². The molecule has 2 aromatic carbocycles. The van der Waals surface area contributed by atoms with Crippen molar-refractivity contribution in [3.63, 3.8) is 0 Å². The molecule has 0 aliphatic rings. The van der Waals surface area contributed by atoms with Crippen LogP contribution in [-0.2, 0) is 0 Å².